The zero-order chi connectivity index (χ0) is 15.3. The lowest BCUT2D eigenvalue weighted by Crippen LogP contribution is -2.31. The van der Waals surface area contributed by atoms with Crippen LogP contribution < -0.4 is 10.5 Å². The molecule has 0 radical (unpaired) electrons. The normalized spacial score (nSPS) is 12.3. The highest BCUT2D eigenvalue weighted by Crippen LogP contribution is 2.20. The van der Waals surface area contributed by atoms with Crippen molar-refractivity contribution in [3.8, 4) is 0 Å². The van der Waals surface area contributed by atoms with Crippen molar-refractivity contribution in [3.05, 3.63) is 24.0 Å². The summed E-state index contributed by atoms with van der Waals surface area (Å²) < 4.78 is 39.7. The summed E-state index contributed by atoms with van der Waals surface area (Å²) in [6.45, 7) is 5.20. The first-order valence-electron chi connectivity index (χ1n) is 6.49. The summed E-state index contributed by atoms with van der Waals surface area (Å²) in [6, 6.07) is 4.16. The molecule has 5 nitrogen and oxygen atoms in total. The van der Waals surface area contributed by atoms with Crippen LogP contribution in [-0.4, -0.2) is 39.5 Å². The van der Waals surface area contributed by atoms with Gasteiger partial charge in [0.05, 0.1) is 5.69 Å². The van der Waals surface area contributed by atoms with Crippen LogP contribution in [0.3, 0.4) is 0 Å². The van der Waals surface area contributed by atoms with Gasteiger partial charge in [-0.2, -0.15) is 0 Å². The van der Waals surface area contributed by atoms with Crippen molar-refractivity contribution >= 4 is 15.7 Å². The molecule has 0 bridgehead atoms. The Labute approximate surface area is 120 Å². The Morgan fingerprint density at radius 3 is 2.65 bits per heavy atom. The smallest absolute Gasteiger partial charge is 0.242 e. The number of nitrogens with two attached hydrogens (primary N) is 1. The van der Waals surface area contributed by atoms with Gasteiger partial charge >= 0.3 is 0 Å². The molecule has 0 saturated heterocycles. The maximum atomic E-state index is 13.3. The molecular formula is C13H22FN3O2S. The highest BCUT2D eigenvalue weighted by atomic mass is 32.2. The Balaban J connectivity index is 2.61. The summed E-state index contributed by atoms with van der Waals surface area (Å²) in [5, 5.41) is 0. The number of nitrogen functional groups attached to an aromatic ring is 1. The predicted octanol–water partition coefficient (Wildman–Crippen LogP) is 1.42. The fourth-order valence-electron chi connectivity index (χ4n) is 1.62. The van der Waals surface area contributed by atoms with Crippen molar-refractivity contribution in [2.24, 2.45) is 0 Å². The van der Waals surface area contributed by atoms with Gasteiger partial charge in [-0.05, 0) is 46.0 Å². The van der Waals surface area contributed by atoms with E-state index in [1.165, 1.54) is 12.1 Å². The molecule has 3 N–H and O–H groups in total. The van der Waals surface area contributed by atoms with Gasteiger partial charge in [0.15, 0.2) is 0 Å². The first kappa shape index (κ1) is 16.9. The molecule has 0 aliphatic rings. The monoisotopic (exact) mass is 303 g/mol. The topological polar surface area (TPSA) is 75.4 Å². The van der Waals surface area contributed by atoms with Crippen LogP contribution in [0.1, 0.15) is 20.3 Å². The zero-order valence-corrected chi connectivity index (χ0v) is 12.9. The minimum atomic E-state index is -3.77. The molecule has 0 atom stereocenters. The first-order chi connectivity index (χ1) is 9.25. The Kier molecular flexibility index (Phi) is 5.91. The third-order valence-electron chi connectivity index (χ3n) is 3.16. The van der Waals surface area contributed by atoms with E-state index in [-0.39, 0.29) is 17.1 Å². The summed E-state index contributed by atoms with van der Waals surface area (Å²) >= 11 is 0. The standard InChI is InChI=1S/C13H22FN3O2S/c1-10(2)17(3)9-5-8-16-20(18,19)12-7-4-6-11(14)13(12)15/h4,6-7,10,16H,5,8-9,15H2,1-3H3. The van der Waals surface area contributed by atoms with Crippen LogP contribution in [0.25, 0.3) is 0 Å². The number of nitrogens with one attached hydrogen (secondary N) is 1. The number of nitrogens with zero attached hydrogens (tertiary/aromatic N) is 1. The zero-order valence-electron chi connectivity index (χ0n) is 12.1. The van der Waals surface area contributed by atoms with Gasteiger partial charge in [0, 0.05) is 12.6 Å². The maximum absolute atomic E-state index is 13.3. The molecular weight excluding hydrogens is 281 g/mol. The molecule has 0 heterocycles. The summed E-state index contributed by atoms with van der Waals surface area (Å²) in [6.07, 6.45) is 0.670. The van der Waals surface area contributed by atoms with Crippen LogP contribution >= 0.6 is 0 Å². The maximum Gasteiger partial charge on any atom is 0.242 e. The number of sulfonamides is 1. The molecule has 0 unspecified atom stereocenters. The van der Waals surface area contributed by atoms with E-state index in [9.17, 15) is 12.8 Å². The van der Waals surface area contributed by atoms with Gasteiger partial charge in [0.1, 0.15) is 10.7 Å². The number of hydrogen-bond donors (Lipinski definition) is 2. The van der Waals surface area contributed by atoms with Gasteiger partial charge in [0.25, 0.3) is 0 Å². The summed E-state index contributed by atoms with van der Waals surface area (Å²) in [5.74, 6) is -0.729. The molecule has 0 fully saturated rings. The minimum absolute atomic E-state index is 0.213. The molecule has 0 amide bonds. The number of anilines is 1. The SMILES string of the molecule is CC(C)N(C)CCCNS(=O)(=O)c1cccc(F)c1N. The minimum Gasteiger partial charge on any atom is -0.395 e. The van der Waals surface area contributed by atoms with E-state index in [1.54, 1.807) is 0 Å². The number of para-hydroxylation sites is 1. The summed E-state index contributed by atoms with van der Waals surface area (Å²) in [5.41, 5.74) is 5.11. The lowest BCUT2D eigenvalue weighted by molar-refractivity contribution is 0.271. The van der Waals surface area contributed by atoms with E-state index in [1.807, 2.05) is 7.05 Å². The van der Waals surface area contributed by atoms with Crippen molar-refractivity contribution in [2.45, 2.75) is 31.2 Å². The number of halogens is 1. The van der Waals surface area contributed by atoms with E-state index in [2.05, 4.69) is 23.5 Å². The Hall–Kier alpha value is -1.18. The molecule has 0 spiro atoms. The second-order valence-electron chi connectivity index (χ2n) is 4.98. The molecule has 7 heteroatoms. The van der Waals surface area contributed by atoms with E-state index in [4.69, 9.17) is 5.73 Å². The van der Waals surface area contributed by atoms with Crippen LogP contribution in [0.4, 0.5) is 10.1 Å². The number of rotatable bonds is 7. The molecule has 0 aliphatic heterocycles. The highest BCUT2D eigenvalue weighted by Gasteiger charge is 2.18. The van der Waals surface area contributed by atoms with Crippen LogP contribution in [-0.2, 0) is 10.0 Å². The molecule has 0 saturated carbocycles. The van der Waals surface area contributed by atoms with E-state index in [0.29, 0.717) is 12.5 Å². The third kappa shape index (κ3) is 4.43. The van der Waals surface area contributed by atoms with Gasteiger partial charge in [-0.25, -0.2) is 17.5 Å². The van der Waals surface area contributed by atoms with Crippen LogP contribution in [0, 0.1) is 5.82 Å². The third-order valence-corrected chi connectivity index (χ3v) is 4.68. The van der Waals surface area contributed by atoms with Crippen molar-refractivity contribution < 1.29 is 12.8 Å². The lowest BCUT2D eigenvalue weighted by atomic mass is 10.3. The van der Waals surface area contributed by atoms with Gasteiger partial charge in [-0.1, -0.05) is 6.07 Å². The molecule has 1 aromatic rings. The largest absolute Gasteiger partial charge is 0.395 e. The fraction of sp³-hybridized carbons (Fsp3) is 0.538. The van der Waals surface area contributed by atoms with Crippen molar-refractivity contribution in [2.75, 3.05) is 25.9 Å². The van der Waals surface area contributed by atoms with Gasteiger partial charge in [-0.15, -0.1) is 0 Å². The summed E-state index contributed by atoms with van der Waals surface area (Å²) in [4.78, 5) is 1.90. The predicted molar refractivity (Wildman–Crippen MR) is 78.4 cm³/mol. The Morgan fingerprint density at radius 1 is 1.40 bits per heavy atom. The van der Waals surface area contributed by atoms with Gasteiger partial charge in [-0.3, -0.25) is 0 Å². The molecule has 0 aliphatic carbocycles. The van der Waals surface area contributed by atoms with Crippen molar-refractivity contribution in [1.82, 2.24) is 9.62 Å². The van der Waals surface area contributed by atoms with Crippen molar-refractivity contribution in [3.63, 3.8) is 0 Å². The highest BCUT2D eigenvalue weighted by molar-refractivity contribution is 7.89. The Bertz CT molecular complexity index is 547. The van der Waals surface area contributed by atoms with Gasteiger partial charge in [0.2, 0.25) is 10.0 Å². The fourth-order valence-corrected chi connectivity index (χ4v) is 2.84. The second kappa shape index (κ2) is 7.01. The number of hydrogen-bond acceptors (Lipinski definition) is 4. The molecule has 20 heavy (non-hydrogen) atoms. The van der Waals surface area contributed by atoms with Gasteiger partial charge < -0.3 is 10.6 Å². The molecule has 114 valence electrons. The lowest BCUT2D eigenvalue weighted by Gasteiger charge is -2.20. The second-order valence-corrected chi connectivity index (χ2v) is 6.71. The Morgan fingerprint density at radius 2 is 2.05 bits per heavy atom. The van der Waals surface area contributed by atoms with Crippen LogP contribution in [0.2, 0.25) is 0 Å². The van der Waals surface area contributed by atoms with Crippen LogP contribution in [0.5, 0.6) is 0 Å². The van der Waals surface area contributed by atoms with Crippen molar-refractivity contribution in [1.29, 1.82) is 0 Å². The number of benzene rings is 1. The summed E-state index contributed by atoms with van der Waals surface area (Å²) in [7, 11) is -1.79. The molecule has 1 aromatic carbocycles. The average molecular weight is 303 g/mol. The average Bonchev–Trinajstić information content (AvgIpc) is 2.37. The molecule has 0 aromatic heterocycles. The first-order valence-corrected chi connectivity index (χ1v) is 7.98. The quantitative estimate of drug-likeness (QED) is 0.590. The van der Waals surface area contributed by atoms with E-state index < -0.39 is 15.8 Å². The van der Waals surface area contributed by atoms with E-state index in [0.717, 1.165) is 12.6 Å². The molecule has 1 rings (SSSR count). The van der Waals surface area contributed by atoms with E-state index >= 15 is 0 Å². The van der Waals surface area contributed by atoms with Crippen LogP contribution in [0.15, 0.2) is 23.1 Å².